The van der Waals surface area contributed by atoms with E-state index in [0.29, 0.717) is 12.0 Å². The van der Waals surface area contributed by atoms with Crippen molar-refractivity contribution in [2.45, 2.75) is 32.8 Å². The number of allylic oxidation sites excluding steroid dienone is 1. The Hall–Kier alpha value is -0.460. The second-order valence-electron chi connectivity index (χ2n) is 2.87. The van der Waals surface area contributed by atoms with Crippen LogP contribution < -0.4 is 0 Å². The van der Waals surface area contributed by atoms with Gasteiger partial charge in [-0.1, -0.05) is 13.8 Å². The van der Waals surface area contributed by atoms with Crippen molar-refractivity contribution in [1.29, 1.82) is 0 Å². The fourth-order valence-corrected chi connectivity index (χ4v) is 1.04. The summed E-state index contributed by atoms with van der Waals surface area (Å²) in [6, 6.07) is 0. The van der Waals surface area contributed by atoms with Crippen molar-refractivity contribution in [2.24, 2.45) is 5.92 Å². The molecular weight excluding hydrogens is 112 g/mol. The summed E-state index contributed by atoms with van der Waals surface area (Å²) in [5, 5.41) is 0. The highest BCUT2D eigenvalue weighted by atomic mass is 16.5. The Balaban J connectivity index is 2.35. The molecule has 1 aliphatic rings. The van der Waals surface area contributed by atoms with E-state index < -0.39 is 0 Å². The van der Waals surface area contributed by atoms with Crippen molar-refractivity contribution in [3.63, 3.8) is 0 Å². The van der Waals surface area contributed by atoms with Crippen LogP contribution in [0.3, 0.4) is 0 Å². The molecule has 0 aromatic heterocycles. The van der Waals surface area contributed by atoms with Crippen molar-refractivity contribution in [2.75, 3.05) is 0 Å². The quantitative estimate of drug-likeness (QED) is 0.524. The summed E-state index contributed by atoms with van der Waals surface area (Å²) in [5.41, 5.74) is 0. The molecule has 0 unspecified atom stereocenters. The molecule has 0 aliphatic carbocycles. The number of ether oxygens (including phenoxy) is 1. The van der Waals surface area contributed by atoms with Gasteiger partial charge in [0.05, 0.1) is 6.26 Å². The summed E-state index contributed by atoms with van der Waals surface area (Å²) >= 11 is 0. The lowest BCUT2D eigenvalue weighted by atomic mass is 10.0. The first-order valence-corrected chi connectivity index (χ1v) is 3.61. The van der Waals surface area contributed by atoms with Crippen LogP contribution in [0.4, 0.5) is 0 Å². The maximum absolute atomic E-state index is 5.36. The molecule has 9 heavy (non-hydrogen) atoms. The maximum Gasteiger partial charge on any atom is 0.100 e. The molecule has 0 N–H and O–H groups in total. The van der Waals surface area contributed by atoms with Gasteiger partial charge in [0.15, 0.2) is 0 Å². The topological polar surface area (TPSA) is 9.23 Å². The van der Waals surface area contributed by atoms with Crippen LogP contribution in [0.25, 0.3) is 0 Å². The zero-order chi connectivity index (χ0) is 6.69. The molecule has 52 valence electrons. The highest BCUT2D eigenvalue weighted by molar-refractivity contribution is 4.83. The predicted octanol–water partition coefficient (Wildman–Crippen LogP) is 2.34. The first-order valence-electron chi connectivity index (χ1n) is 3.61. The molecule has 1 atom stereocenters. The van der Waals surface area contributed by atoms with Gasteiger partial charge in [-0.2, -0.15) is 0 Å². The van der Waals surface area contributed by atoms with E-state index in [0.717, 1.165) is 0 Å². The van der Waals surface area contributed by atoms with Gasteiger partial charge in [0.1, 0.15) is 6.10 Å². The molecule has 1 nitrogen and oxygen atoms in total. The third-order valence-corrected chi connectivity index (χ3v) is 1.71. The zero-order valence-electron chi connectivity index (χ0n) is 6.13. The minimum atomic E-state index is 0.468. The Morgan fingerprint density at radius 1 is 1.56 bits per heavy atom. The second kappa shape index (κ2) is 2.90. The smallest absolute Gasteiger partial charge is 0.100 e. The van der Waals surface area contributed by atoms with Gasteiger partial charge in [0.2, 0.25) is 0 Å². The monoisotopic (exact) mass is 126 g/mol. The second-order valence-corrected chi connectivity index (χ2v) is 2.87. The lowest BCUT2D eigenvalue weighted by Gasteiger charge is -2.22. The van der Waals surface area contributed by atoms with Crippen LogP contribution in [0, 0.1) is 5.92 Å². The summed E-state index contributed by atoms with van der Waals surface area (Å²) in [5.74, 6) is 0.662. The number of hydrogen-bond acceptors (Lipinski definition) is 1. The van der Waals surface area contributed by atoms with Gasteiger partial charge in [-0.15, -0.1) is 0 Å². The molecule has 0 spiro atoms. The lowest BCUT2D eigenvalue weighted by Crippen LogP contribution is -2.18. The Morgan fingerprint density at radius 3 is 2.67 bits per heavy atom. The van der Waals surface area contributed by atoms with Gasteiger partial charge < -0.3 is 4.74 Å². The summed E-state index contributed by atoms with van der Waals surface area (Å²) in [4.78, 5) is 0. The van der Waals surface area contributed by atoms with E-state index in [9.17, 15) is 0 Å². The van der Waals surface area contributed by atoms with E-state index in [1.807, 2.05) is 6.26 Å². The molecule has 1 rings (SSSR count). The van der Waals surface area contributed by atoms with Crippen LogP contribution >= 0.6 is 0 Å². The van der Waals surface area contributed by atoms with Crippen LogP contribution in [-0.2, 0) is 4.74 Å². The van der Waals surface area contributed by atoms with Crippen LogP contribution in [0.15, 0.2) is 12.3 Å². The molecule has 1 heteroatoms. The Kier molecular flexibility index (Phi) is 2.15. The van der Waals surface area contributed by atoms with Gasteiger partial charge in [-0.25, -0.2) is 0 Å². The Morgan fingerprint density at radius 2 is 2.33 bits per heavy atom. The molecule has 1 heterocycles. The van der Waals surface area contributed by atoms with Gasteiger partial charge in [0, 0.05) is 0 Å². The highest BCUT2D eigenvalue weighted by Gasteiger charge is 2.13. The summed E-state index contributed by atoms with van der Waals surface area (Å²) in [7, 11) is 0. The van der Waals surface area contributed by atoms with Crippen molar-refractivity contribution in [3.8, 4) is 0 Å². The molecule has 0 bridgehead atoms. The van der Waals surface area contributed by atoms with E-state index >= 15 is 0 Å². The molecular formula is C8H14O. The van der Waals surface area contributed by atoms with Crippen LogP contribution in [0.1, 0.15) is 26.7 Å². The molecule has 0 aromatic carbocycles. The van der Waals surface area contributed by atoms with E-state index in [2.05, 4.69) is 19.9 Å². The highest BCUT2D eigenvalue weighted by Crippen LogP contribution is 2.17. The van der Waals surface area contributed by atoms with Gasteiger partial charge >= 0.3 is 0 Å². The first kappa shape index (κ1) is 6.66. The average molecular weight is 126 g/mol. The number of hydrogen-bond donors (Lipinski definition) is 0. The molecule has 0 fully saturated rings. The molecule has 0 amide bonds. The van der Waals surface area contributed by atoms with Gasteiger partial charge in [-0.05, 0) is 24.8 Å². The third kappa shape index (κ3) is 1.74. The minimum absolute atomic E-state index is 0.468. The molecule has 0 radical (unpaired) electrons. The van der Waals surface area contributed by atoms with Crippen molar-refractivity contribution < 1.29 is 4.74 Å². The summed E-state index contributed by atoms with van der Waals surface area (Å²) < 4.78 is 5.36. The normalized spacial score (nSPS) is 26.3. The van der Waals surface area contributed by atoms with Crippen molar-refractivity contribution >= 4 is 0 Å². The summed E-state index contributed by atoms with van der Waals surface area (Å²) in [6.07, 6.45) is 6.75. The predicted molar refractivity (Wildman–Crippen MR) is 38.1 cm³/mol. The molecule has 1 aliphatic heterocycles. The lowest BCUT2D eigenvalue weighted by molar-refractivity contribution is 0.0829. The van der Waals surface area contributed by atoms with E-state index in [-0.39, 0.29) is 0 Å². The first-order chi connectivity index (χ1) is 4.30. The fourth-order valence-electron chi connectivity index (χ4n) is 1.04. The largest absolute Gasteiger partial charge is 0.498 e. The molecule has 0 saturated carbocycles. The molecule has 0 saturated heterocycles. The Bertz CT molecular complexity index is 105. The standard InChI is InChI=1S/C8H14O/c1-7(2)8-5-3-4-6-9-8/h4,6-8H,3,5H2,1-2H3/t8-/m0/s1. The van der Waals surface area contributed by atoms with E-state index in [1.54, 1.807) is 0 Å². The maximum atomic E-state index is 5.36. The van der Waals surface area contributed by atoms with Crippen molar-refractivity contribution in [3.05, 3.63) is 12.3 Å². The van der Waals surface area contributed by atoms with Crippen LogP contribution in [0.2, 0.25) is 0 Å². The minimum Gasteiger partial charge on any atom is -0.498 e. The molecule has 0 aromatic rings. The fraction of sp³-hybridized carbons (Fsp3) is 0.750. The number of rotatable bonds is 1. The zero-order valence-corrected chi connectivity index (χ0v) is 6.13. The van der Waals surface area contributed by atoms with E-state index in [1.165, 1.54) is 12.8 Å². The van der Waals surface area contributed by atoms with Gasteiger partial charge in [0.25, 0.3) is 0 Å². The average Bonchev–Trinajstić information content (AvgIpc) is 1.90. The van der Waals surface area contributed by atoms with Gasteiger partial charge in [-0.3, -0.25) is 0 Å². The van der Waals surface area contributed by atoms with Crippen LogP contribution in [0.5, 0.6) is 0 Å². The van der Waals surface area contributed by atoms with Crippen LogP contribution in [-0.4, -0.2) is 6.10 Å². The SMILES string of the molecule is CC(C)[C@@H]1CCC=CO1. The Labute approximate surface area is 56.7 Å². The van der Waals surface area contributed by atoms with E-state index in [4.69, 9.17) is 4.74 Å². The van der Waals surface area contributed by atoms with Crippen molar-refractivity contribution in [1.82, 2.24) is 0 Å². The summed E-state index contributed by atoms with van der Waals surface area (Å²) in [6.45, 7) is 4.40. The third-order valence-electron chi connectivity index (χ3n) is 1.71.